The van der Waals surface area contributed by atoms with E-state index in [1.54, 1.807) is 18.2 Å². The lowest BCUT2D eigenvalue weighted by molar-refractivity contribution is 0.461. The third-order valence-corrected chi connectivity index (χ3v) is 3.03. The summed E-state index contributed by atoms with van der Waals surface area (Å²) in [5.74, 6) is 0.977. The smallest absolute Gasteiger partial charge is 0.219 e. The molecule has 2 rings (SSSR count). The Morgan fingerprint density at radius 1 is 1.17 bits per heavy atom. The largest absolute Gasteiger partial charge is 0.437 e. The third-order valence-electron chi connectivity index (χ3n) is 2.39. The van der Waals surface area contributed by atoms with Crippen molar-refractivity contribution in [2.45, 2.75) is 13.5 Å². The number of pyridine rings is 1. The first-order valence-corrected chi connectivity index (χ1v) is 6.15. The van der Waals surface area contributed by atoms with Crippen LogP contribution in [0.15, 0.2) is 30.3 Å². The van der Waals surface area contributed by atoms with Crippen LogP contribution in [0, 0.1) is 6.92 Å². The molecule has 0 aliphatic rings. The molecule has 0 amide bonds. The molecule has 0 saturated carbocycles. The van der Waals surface area contributed by atoms with Crippen LogP contribution in [0.2, 0.25) is 10.0 Å². The van der Waals surface area contributed by atoms with Crippen LogP contribution in [0.1, 0.15) is 11.3 Å². The normalized spacial score (nSPS) is 10.4. The van der Waals surface area contributed by atoms with Crippen LogP contribution in [-0.2, 0) is 6.54 Å². The molecule has 2 aromatic rings. The van der Waals surface area contributed by atoms with Gasteiger partial charge in [-0.1, -0.05) is 29.3 Å². The third kappa shape index (κ3) is 2.93. The van der Waals surface area contributed by atoms with Gasteiger partial charge in [-0.2, -0.15) is 0 Å². The number of rotatable bonds is 3. The molecule has 5 heteroatoms. The van der Waals surface area contributed by atoms with E-state index in [9.17, 15) is 0 Å². The van der Waals surface area contributed by atoms with Crippen molar-refractivity contribution in [1.29, 1.82) is 0 Å². The lowest BCUT2D eigenvalue weighted by Crippen LogP contribution is -2.01. The highest BCUT2D eigenvalue weighted by molar-refractivity contribution is 6.32. The molecule has 0 atom stereocenters. The van der Waals surface area contributed by atoms with Crippen LogP contribution in [0.5, 0.6) is 11.6 Å². The van der Waals surface area contributed by atoms with Crippen LogP contribution in [0.25, 0.3) is 0 Å². The molecule has 0 spiro atoms. The van der Waals surface area contributed by atoms with Crippen LogP contribution < -0.4 is 10.5 Å². The number of aryl methyl sites for hydroxylation is 1. The molecule has 0 saturated heterocycles. The van der Waals surface area contributed by atoms with Gasteiger partial charge in [-0.05, 0) is 30.7 Å². The lowest BCUT2D eigenvalue weighted by Gasteiger charge is -2.09. The molecule has 0 aliphatic heterocycles. The first kappa shape index (κ1) is 13.1. The van der Waals surface area contributed by atoms with Crippen molar-refractivity contribution in [3.8, 4) is 11.6 Å². The first-order chi connectivity index (χ1) is 8.60. The fraction of sp³-hybridized carbons (Fsp3) is 0.154. The zero-order valence-electron chi connectivity index (χ0n) is 9.78. The van der Waals surface area contributed by atoms with Gasteiger partial charge in [0, 0.05) is 12.6 Å². The SMILES string of the molecule is Cc1ccc(Oc2ccc(Cl)c(CN)n2)c(Cl)c1. The van der Waals surface area contributed by atoms with Crippen molar-refractivity contribution in [3.63, 3.8) is 0 Å². The monoisotopic (exact) mass is 282 g/mol. The van der Waals surface area contributed by atoms with Crippen molar-refractivity contribution >= 4 is 23.2 Å². The van der Waals surface area contributed by atoms with E-state index in [2.05, 4.69) is 4.98 Å². The van der Waals surface area contributed by atoms with Gasteiger partial charge < -0.3 is 10.5 Å². The zero-order chi connectivity index (χ0) is 13.1. The maximum atomic E-state index is 6.08. The van der Waals surface area contributed by atoms with Gasteiger partial charge in [0.2, 0.25) is 5.88 Å². The molecule has 1 aromatic carbocycles. The van der Waals surface area contributed by atoms with Crippen LogP contribution >= 0.6 is 23.2 Å². The Hall–Kier alpha value is -1.29. The molecule has 1 aromatic heterocycles. The second-order valence-electron chi connectivity index (χ2n) is 3.82. The van der Waals surface area contributed by atoms with Crippen molar-refractivity contribution in [1.82, 2.24) is 4.98 Å². The van der Waals surface area contributed by atoms with Gasteiger partial charge in [0.1, 0.15) is 5.75 Å². The van der Waals surface area contributed by atoms with E-state index < -0.39 is 0 Å². The molecule has 2 N–H and O–H groups in total. The maximum absolute atomic E-state index is 6.08. The molecule has 0 unspecified atom stereocenters. The summed E-state index contributed by atoms with van der Waals surface area (Å²) in [6.07, 6.45) is 0. The molecule has 94 valence electrons. The van der Waals surface area contributed by atoms with E-state index >= 15 is 0 Å². The summed E-state index contributed by atoms with van der Waals surface area (Å²) < 4.78 is 5.60. The Kier molecular flexibility index (Phi) is 4.07. The van der Waals surface area contributed by atoms with E-state index in [-0.39, 0.29) is 6.54 Å². The predicted octanol–water partition coefficient (Wildman–Crippen LogP) is 3.95. The average Bonchev–Trinajstić information content (AvgIpc) is 2.35. The molecular formula is C13H12Cl2N2O. The Bertz CT molecular complexity index is 573. The topological polar surface area (TPSA) is 48.1 Å². The summed E-state index contributed by atoms with van der Waals surface area (Å²) in [4.78, 5) is 4.21. The Balaban J connectivity index is 2.28. The fourth-order valence-electron chi connectivity index (χ4n) is 1.47. The van der Waals surface area contributed by atoms with Crippen molar-refractivity contribution in [2.24, 2.45) is 5.73 Å². The summed E-state index contributed by atoms with van der Waals surface area (Å²) in [5, 5.41) is 1.07. The van der Waals surface area contributed by atoms with Crippen LogP contribution in [-0.4, -0.2) is 4.98 Å². The van der Waals surface area contributed by atoms with Gasteiger partial charge in [0.05, 0.1) is 15.7 Å². The lowest BCUT2D eigenvalue weighted by atomic mass is 10.2. The molecule has 0 aliphatic carbocycles. The number of benzene rings is 1. The highest BCUT2D eigenvalue weighted by atomic mass is 35.5. The van der Waals surface area contributed by atoms with Crippen LogP contribution in [0.4, 0.5) is 0 Å². The predicted molar refractivity (Wildman–Crippen MR) is 73.4 cm³/mol. The summed E-state index contributed by atoms with van der Waals surface area (Å²) >= 11 is 12.0. The number of hydrogen-bond donors (Lipinski definition) is 1. The fourth-order valence-corrected chi connectivity index (χ4v) is 1.92. The van der Waals surface area contributed by atoms with Gasteiger partial charge >= 0.3 is 0 Å². The standard InChI is InChI=1S/C13H12Cl2N2O/c1-8-2-4-12(10(15)6-8)18-13-5-3-9(14)11(7-16)17-13/h2-6H,7,16H2,1H3. The quantitative estimate of drug-likeness (QED) is 0.927. The minimum Gasteiger partial charge on any atom is -0.437 e. The number of ether oxygens (including phenoxy) is 1. The minimum absolute atomic E-state index is 0.262. The maximum Gasteiger partial charge on any atom is 0.219 e. The van der Waals surface area contributed by atoms with Gasteiger partial charge in [-0.3, -0.25) is 0 Å². The number of nitrogens with zero attached hydrogens (tertiary/aromatic N) is 1. The molecule has 18 heavy (non-hydrogen) atoms. The van der Waals surface area contributed by atoms with Crippen LogP contribution in [0.3, 0.4) is 0 Å². The molecule has 1 heterocycles. The Morgan fingerprint density at radius 2 is 1.94 bits per heavy atom. The summed E-state index contributed by atoms with van der Waals surface area (Å²) in [5.41, 5.74) is 7.20. The van der Waals surface area contributed by atoms with Gasteiger partial charge in [-0.25, -0.2) is 4.98 Å². The van der Waals surface area contributed by atoms with Crippen molar-refractivity contribution in [3.05, 3.63) is 51.6 Å². The van der Waals surface area contributed by atoms with E-state index in [0.29, 0.717) is 27.4 Å². The number of halogens is 2. The van der Waals surface area contributed by atoms with Crippen molar-refractivity contribution < 1.29 is 4.74 Å². The molecule has 3 nitrogen and oxygen atoms in total. The summed E-state index contributed by atoms with van der Waals surface area (Å²) in [7, 11) is 0. The van der Waals surface area contributed by atoms with Gasteiger partial charge in [0.25, 0.3) is 0 Å². The van der Waals surface area contributed by atoms with Gasteiger partial charge in [-0.15, -0.1) is 0 Å². The molecule has 0 fully saturated rings. The number of nitrogens with two attached hydrogens (primary N) is 1. The van der Waals surface area contributed by atoms with E-state index in [4.69, 9.17) is 33.7 Å². The molecule has 0 radical (unpaired) electrons. The first-order valence-electron chi connectivity index (χ1n) is 5.39. The van der Waals surface area contributed by atoms with Crippen molar-refractivity contribution in [2.75, 3.05) is 0 Å². The zero-order valence-corrected chi connectivity index (χ0v) is 11.3. The minimum atomic E-state index is 0.262. The summed E-state index contributed by atoms with van der Waals surface area (Å²) in [6.45, 7) is 2.22. The van der Waals surface area contributed by atoms with E-state index in [1.807, 2.05) is 19.1 Å². The number of aromatic nitrogens is 1. The van der Waals surface area contributed by atoms with E-state index in [1.165, 1.54) is 0 Å². The Labute approximate surface area is 115 Å². The number of hydrogen-bond acceptors (Lipinski definition) is 3. The second kappa shape index (κ2) is 5.57. The molecule has 0 bridgehead atoms. The van der Waals surface area contributed by atoms with Gasteiger partial charge in [0.15, 0.2) is 0 Å². The second-order valence-corrected chi connectivity index (χ2v) is 4.63. The molecular weight excluding hydrogens is 271 g/mol. The summed E-state index contributed by atoms with van der Waals surface area (Å²) in [6, 6.07) is 8.93. The average molecular weight is 283 g/mol. The van der Waals surface area contributed by atoms with E-state index in [0.717, 1.165) is 5.56 Å². The highest BCUT2D eigenvalue weighted by Gasteiger charge is 2.07. The highest BCUT2D eigenvalue weighted by Crippen LogP contribution is 2.30. The Morgan fingerprint density at radius 3 is 2.61 bits per heavy atom.